The summed E-state index contributed by atoms with van der Waals surface area (Å²) in [5.41, 5.74) is 1.83. The van der Waals surface area contributed by atoms with Gasteiger partial charge in [-0.3, -0.25) is 9.59 Å². The summed E-state index contributed by atoms with van der Waals surface area (Å²) in [6, 6.07) is 14.2. The lowest BCUT2D eigenvalue weighted by Gasteiger charge is -2.31. The Morgan fingerprint density at radius 1 is 1.00 bits per heavy atom. The molecule has 3 amide bonds. The fraction of sp³-hybridized carbons (Fsp3) is 0.531. The Kier molecular flexibility index (Phi) is 13.6. The number of carboxylic acid groups (broad SMARTS) is 1. The molecule has 12 heteroatoms. The van der Waals surface area contributed by atoms with Gasteiger partial charge in [0.1, 0.15) is 6.04 Å². The molecule has 1 fully saturated rings. The number of amides is 3. The molecule has 2 aromatic carbocycles. The highest BCUT2D eigenvalue weighted by molar-refractivity contribution is 7.89. The molecule has 1 aliphatic heterocycles. The molecule has 0 aromatic heterocycles. The highest BCUT2D eigenvalue weighted by atomic mass is 32.2. The Morgan fingerprint density at radius 2 is 1.66 bits per heavy atom. The van der Waals surface area contributed by atoms with Crippen LogP contribution in [0, 0.1) is 12.8 Å². The number of hydrogen-bond acceptors (Lipinski definition) is 6. The Bertz CT molecular complexity index is 1310. The molecule has 1 saturated heterocycles. The molecule has 242 valence electrons. The van der Waals surface area contributed by atoms with Crippen LogP contribution in [0.2, 0.25) is 0 Å². The number of hydrogen-bond donors (Lipinski definition) is 3. The molecule has 3 N–H and O–H groups in total. The van der Waals surface area contributed by atoms with Gasteiger partial charge in [-0.2, -0.15) is 4.31 Å². The van der Waals surface area contributed by atoms with Crippen LogP contribution in [-0.4, -0.2) is 92.1 Å². The van der Waals surface area contributed by atoms with Crippen LogP contribution in [0.15, 0.2) is 59.5 Å². The van der Waals surface area contributed by atoms with E-state index in [9.17, 15) is 27.9 Å². The van der Waals surface area contributed by atoms with Crippen LogP contribution in [0.25, 0.3) is 0 Å². The molecule has 0 unspecified atom stereocenters. The van der Waals surface area contributed by atoms with Crippen LogP contribution in [-0.2, 0) is 30.8 Å². The predicted octanol–water partition coefficient (Wildman–Crippen LogP) is 3.42. The number of carboxylic acids is 1. The van der Waals surface area contributed by atoms with Crippen LogP contribution in [0.4, 0.5) is 4.79 Å². The van der Waals surface area contributed by atoms with Gasteiger partial charge in [-0.25, -0.2) is 13.2 Å². The first-order valence-corrected chi connectivity index (χ1v) is 16.7. The Morgan fingerprint density at radius 3 is 2.27 bits per heavy atom. The van der Waals surface area contributed by atoms with Crippen LogP contribution < -0.4 is 10.6 Å². The Labute approximate surface area is 261 Å². The zero-order valence-electron chi connectivity index (χ0n) is 25.9. The van der Waals surface area contributed by atoms with E-state index in [1.807, 2.05) is 51.1 Å². The first-order valence-electron chi connectivity index (χ1n) is 15.2. The lowest BCUT2D eigenvalue weighted by atomic mass is 10.0. The number of carbonyl (C=O) groups is 3. The van der Waals surface area contributed by atoms with Crippen molar-refractivity contribution in [2.75, 3.05) is 39.4 Å². The molecule has 0 bridgehead atoms. The fourth-order valence-electron chi connectivity index (χ4n) is 5.10. The van der Waals surface area contributed by atoms with Crippen molar-refractivity contribution in [3.63, 3.8) is 0 Å². The van der Waals surface area contributed by atoms with Crippen LogP contribution in [0.1, 0.15) is 50.7 Å². The first-order chi connectivity index (χ1) is 21.0. The number of nitrogens with zero attached hydrogens (tertiary/aromatic N) is 2. The van der Waals surface area contributed by atoms with Crippen molar-refractivity contribution < 1.29 is 32.6 Å². The molecular weight excluding hydrogens is 584 g/mol. The third kappa shape index (κ3) is 10.9. The van der Waals surface area contributed by atoms with Gasteiger partial charge in [0.2, 0.25) is 15.9 Å². The quantitative estimate of drug-likeness (QED) is 0.241. The minimum Gasteiger partial charge on any atom is -0.481 e. The summed E-state index contributed by atoms with van der Waals surface area (Å²) in [5.74, 6) is -1.41. The number of sulfonamides is 1. The molecule has 3 rings (SSSR count). The summed E-state index contributed by atoms with van der Waals surface area (Å²) < 4.78 is 33.9. The number of urea groups is 1. The lowest BCUT2D eigenvalue weighted by Crippen LogP contribution is -2.54. The largest absolute Gasteiger partial charge is 0.481 e. The summed E-state index contributed by atoms with van der Waals surface area (Å²) in [7, 11) is -3.93. The molecule has 1 heterocycles. The van der Waals surface area contributed by atoms with Crippen LogP contribution in [0.5, 0.6) is 0 Å². The van der Waals surface area contributed by atoms with Gasteiger partial charge in [0.25, 0.3) is 0 Å². The Balaban J connectivity index is 1.63. The summed E-state index contributed by atoms with van der Waals surface area (Å²) in [4.78, 5) is 39.6. The number of rotatable bonds is 16. The van der Waals surface area contributed by atoms with E-state index in [-0.39, 0.29) is 35.7 Å². The number of benzene rings is 2. The van der Waals surface area contributed by atoms with Crippen LogP contribution in [0.3, 0.4) is 0 Å². The maximum absolute atomic E-state index is 13.6. The maximum Gasteiger partial charge on any atom is 0.318 e. The van der Waals surface area contributed by atoms with Gasteiger partial charge < -0.3 is 25.4 Å². The summed E-state index contributed by atoms with van der Waals surface area (Å²) in [5, 5.41) is 15.4. The fourth-order valence-corrected chi connectivity index (χ4v) is 6.92. The van der Waals surface area contributed by atoms with E-state index in [0.717, 1.165) is 11.1 Å². The number of nitrogens with one attached hydrogen (secondary N) is 2. The standard InChI is InChI=1S/C32H46N4O7S/c1-24(2)23-36(44(41,42)28-14-12-25(3)13-15-28)27(22-30(37)38)11-7-8-16-33-31(39)29(21-26-9-5-4-6-10-26)34-32(40)35-17-19-43-20-18-35/h4-6,9-10,12-15,24,27,29H,7-8,11,16-23H2,1-3H3,(H,33,39)(H,34,40)(H,37,38)/t27-,29-/m0/s1. The second-order valence-corrected chi connectivity index (χ2v) is 13.5. The topological polar surface area (TPSA) is 145 Å². The van der Waals surface area contributed by atoms with Crippen molar-refractivity contribution >= 4 is 27.9 Å². The van der Waals surface area contributed by atoms with Gasteiger partial charge in [-0.15, -0.1) is 0 Å². The second-order valence-electron chi connectivity index (χ2n) is 11.6. The number of aryl methyl sites for hydroxylation is 1. The number of unbranched alkanes of at least 4 members (excludes halogenated alkanes) is 1. The average molecular weight is 631 g/mol. The van der Waals surface area contributed by atoms with Gasteiger partial charge in [0, 0.05) is 38.6 Å². The SMILES string of the molecule is Cc1ccc(S(=O)(=O)N(CC(C)C)[C@@H](CCCCNC(=O)[C@H](Cc2ccccc2)NC(=O)N2CCOCC2)CC(=O)O)cc1. The molecular formula is C32H46N4O7S. The molecule has 11 nitrogen and oxygen atoms in total. The minimum absolute atomic E-state index is 0.0139. The monoisotopic (exact) mass is 630 g/mol. The van der Waals surface area contributed by atoms with Gasteiger partial charge in [-0.05, 0) is 43.4 Å². The number of aliphatic carboxylic acids is 1. The lowest BCUT2D eigenvalue weighted by molar-refractivity contribution is -0.138. The molecule has 1 aliphatic rings. The molecule has 0 spiro atoms. The molecule has 0 aliphatic carbocycles. The van der Waals surface area contributed by atoms with E-state index in [0.29, 0.717) is 58.5 Å². The van der Waals surface area contributed by atoms with Crippen molar-refractivity contribution in [1.82, 2.24) is 19.8 Å². The zero-order valence-corrected chi connectivity index (χ0v) is 26.7. The third-order valence-corrected chi connectivity index (χ3v) is 9.38. The average Bonchev–Trinajstić information content (AvgIpc) is 2.99. The highest BCUT2D eigenvalue weighted by Crippen LogP contribution is 2.25. The van der Waals surface area contributed by atoms with E-state index < -0.39 is 28.1 Å². The summed E-state index contributed by atoms with van der Waals surface area (Å²) in [6.45, 7) is 7.97. The van der Waals surface area contributed by atoms with Gasteiger partial charge in [0.05, 0.1) is 24.5 Å². The van der Waals surface area contributed by atoms with Crippen molar-refractivity contribution in [2.24, 2.45) is 5.92 Å². The smallest absolute Gasteiger partial charge is 0.318 e. The van der Waals surface area contributed by atoms with E-state index in [1.54, 1.807) is 29.2 Å². The number of ether oxygens (including phenoxy) is 1. The highest BCUT2D eigenvalue weighted by Gasteiger charge is 2.33. The molecule has 44 heavy (non-hydrogen) atoms. The van der Waals surface area contributed by atoms with Gasteiger partial charge >= 0.3 is 12.0 Å². The van der Waals surface area contributed by atoms with Crippen molar-refractivity contribution in [3.8, 4) is 0 Å². The van der Waals surface area contributed by atoms with E-state index >= 15 is 0 Å². The molecule has 0 saturated carbocycles. The molecule has 2 atom stereocenters. The number of carbonyl (C=O) groups excluding carboxylic acids is 2. The van der Waals surface area contributed by atoms with Gasteiger partial charge in [0.15, 0.2) is 0 Å². The molecule has 2 aromatic rings. The van der Waals surface area contributed by atoms with E-state index in [2.05, 4.69) is 10.6 Å². The van der Waals surface area contributed by atoms with Crippen molar-refractivity contribution in [3.05, 3.63) is 65.7 Å². The molecule has 0 radical (unpaired) electrons. The maximum atomic E-state index is 13.6. The first kappa shape index (κ1) is 35.0. The second kappa shape index (κ2) is 17.1. The van der Waals surface area contributed by atoms with Crippen LogP contribution >= 0.6 is 0 Å². The van der Waals surface area contributed by atoms with E-state index in [1.165, 1.54) is 4.31 Å². The van der Waals surface area contributed by atoms with E-state index in [4.69, 9.17) is 4.74 Å². The predicted molar refractivity (Wildman–Crippen MR) is 168 cm³/mol. The third-order valence-electron chi connectivity index (χ3n) is 7.45. The number of morpholine rings is 1. The zero-order chi connectivity index (χ0) is 32.1. The minimum atomic E-state index is -3.93. The van der Waals surface area contributed by atoms with Gasteiger partial charge in [-0.1, -0.05) is 68.3 Å². The summed E-state index contributed by atoms with van der Waals surface area (Å²) >= 11 is 0. The van der Waals surface area contributed by atoms with Crippen molar-refractivity contribution in [2.45, 2.75) is 69.9 Å². The van der Waals surface area contributed by atoms with Crippen molar-refractivity contribution in [1.29, 1.82) is 0 Å². The Hall–Kier alpha value is -3.48. The summed E-state index contributed by atoms with van der Waals surface area (Å²) in [6.07, 6.45) is 1.33. The normalized spacial score (nSPS) is 15.2.